The number of nitrogens with zero attached hydrogens (tertiary/aromatic N) is 1. The van der Waals surface area contributed by atoms with E-state index in [0.717, 1.165) is 17.7 Å². The van der Waals surface area contributed by atoms with Crippen molar-refractivity contribution in [1.29, 1.82) is 0 Å². The number of benzene rings is 2. The van der Waals surface area contributed by atoms with Gasteiger partial charge < -0.3 is 9.64 Å². The molecule has 0 N–H and O–H groups in total. The molecule has 0 fully saturated rings. The van der Waals surface area contributed by atoms with Gasteiger partial charge in [0.1, 0.15) is 5.82 Å². The second-order valence-electron chi connectivity index (χ2n) is 5.42. The average Bonchev–Trinajstić information content (AvgIpc) is 2.98. The van der Waals surface area contributed by atoms with Crippen molar-refractivity contribution in [3.63, 3.8) is 0 Å². The highest BCUT2D eigenvalue weighted by molar-refractivity contribution is 6.00. The molecule has 5 heteroatoms. The van der Waals surface area contributed by atoms with Crippen molar-refractivity contribution in [2.75, 3.05) is 11.4 Å². The molecule has 2 aromatic carbocycles. The van der Waals surface area contributed by atoms with E-state index in [1.807, 2.05) is 24.3 Å². The molecule has 118 valence electrons. The maximum atomic E-state index is 12.9. The summed E-state index contributed by atoms with van der Waals surface area (Å²) in [6.07, 6.45) is -0.112. The topological polar surface area (TPSA) is 46.6 Å². The Morgan fingerprint density at radius 2 is 1.83 bits per heavy atom. The first-order valence-corrected chi connectivity index (χ1v) is 7.42. The number of carbonyl (C=O) groups is 2. The largest absolute Gasteiger partial charge is 0.449 e. The number of rotatable bonds is 3. The van der Waals surface area contributed by atoms with Gasteiger partial charge in [0.15, 0.2) is 6.10 Å². The molecule has 0 saturated heterocycles. The van der Waals surface area contributed by atoms with Crippen LogP contribution in [0, 0.1) is 5.82 Å². The molecular weight excluding hydrogens is 297 g/mol. The first-order chi connectivity index (χ1) is 11.1. The van der Waals surface area contributed by atoms with Gasteiger partial charge in [-0.1, -0.05) is 18.2 Å². The molecule has 1 aliphatic rings. The van der Waals surface area contributed by atoms with Crippen molar-refractivity contribution in [1.82, 2.24) is 0 Å². The van der Waals surface area contributed by atoms with Gasteiger partial charge in [-0.25, -0.2) is 9.18 Å². The zero-order valence-electron chi connectivity index (χ0n) is 12.7. The van der Waals surface area contributed by atoms with Gasteiger partial charge in [-0.2, -0.15) is 0 Å². The molecule has 0 bridgehead atoms. The van der Waals surface area contributed by atoms with Gasteiger partial charge >= 0.3 is 5.97 Å². The molecular formula is C18H16FNO3. The molecule has 0 aromatic heterocycles. The Hall–Kier alpha value is -2.69. The van der Waals surface area contributed by atoms with Crippen molar-refractivity contribution in [2.45, 2.75) is 19.4 Å². The number of hydrogen-bond acceptors (Lipinski definition) is 3. The van der Waals surface area contributed by atoms with Crippen molar-refractivity contribution in [3.05, 3.63) is 65.5 Å². The van der Waals surface area contributed by atoms with Crippen LogP contribution < -0.4 is 4.90 Å². The van der Waals surface area contributed by atoms with Crippen LogP contribution in [0.2, 0.25) is 0 Å². The van der Waals surface area contributed by atoms with E-state index in [2.05, 4.69) is 0 Å². The van der Waals surface area contributed by atoms with Gasteiger partial charge in [-0.15, -0.1) is 0 Å². The molecule has 0 spiro atoms. The third kappa shape index (κ3) is 3.08. The smallest absolute Gasteiger partial charge is 0.338 e. The molecule has 3 rings (SSSR count). The Balaban J connectivity index is 1.69. The van der Waals surface area contributed by atoms with Gasteiger partial charge in [-0.3, -0.25) is 4.79 Å². The number of carbonyl (C=O) groups excluding carboxylic acids is 2. The monoisotopic (exact) mass is 313 g/mol. The van der Waals surface area contributed by atoms with Gasteiger partial charge in [0.25, 0.3) is 5.91 Å². The van der Waals surface area contributed by atoms with Crippen molar-refractivity contribution < 1.29 is 18.7 Å². The predicted octanol–water partition coefficient (Wildman–Crippen LogP) is 2.96. The fourth-order valence-electron chi connectivity index (χ4n) is 2.65. The van der Waals surface area contributed by atoms with Crippen LogP contribution >= 0.6 is 0 Å². The Morgan fingerprint density at radius 3 is 2.57 bits per heavy atom. The highest BCUT2D eigenvalue weighted by atomic mass is 19.1. The Kier molecular flexibility index (Phi) is 4.10. The molecule has 0 radical (unpaired) electrons. The maximum absolute atomic E-state index is 12.9. The number of amides is 1. The summed E-state index contributed by atoms with van der Waals surface area (Å²) in [5.74, 6) is -1.33. The SMILES string of the molecule is C[C@H](OC(=O)c1ccc(F)cc1)C(=O)N1CCc2ccccc21. The highest BCUT2D eigenvalue weighted by Gasteiger charge is 2.29. The minimum atomic E-state index is -0.904. The van der Waals surface area contributed by atoms with Gasteiger partial charge in [0, 0.05) is 12.2 Å². The van der Waals surface area contributed by atoms with Gasteiger partial charge in [0.2, 0.25) is 0 Å². The van der Waals surface area contributed by atoms with Crippen molar-refractivity contribution in [2.24, 2.45) is 0 Å². The summed E-state index contributed by atoms with van der Waals surface area (Å²) in [7, 11) is 0. The average molecular weight is 313 g/mol. The molecule has 4 nitrogen and oxygen atoms in total. The molecule has 0 saturated carbocycles. The Bertz CT molecular complexity index is 742. The standard InChI is InChI=1S/C18H16FNO3/c1-12(23-18(22)14-6-8-15(19)9-7-14)17(21)20-11-10-13-4-2-3-5-16(13)20/h2-9,12H,10-11H2,1H3/t12-/m0/s1. The molecule has 2 aromatic rings. The highest BCUT2D eigenvalue weighted by Crippen LogP contribution is 2.28. The van der Waals surface area contributed by atoms with E-state index in [0.29, 0.717) is 6.54 Å². The van der Waals surface area contributed by atoms with Crippen LogP contribution in [0.4, 0.5) is 10.1 Å². The number of hydrogen-bond donors (Lipinski definition) is 0. The first kappa shape index (κ1) is 15.2. The quantitative estimate of drug-likeness (QED) is 0.819. The number of fused-ring (bicyclic) bond motifs is 1. The first-order valence-electron chi connectivity index (χ1n) is 7.42. The third-order valence-electron chi connectivity index (χ3n) is 3.86. The normalized spacial score (nSPS) is 14.3. The predicted molar refractivity (Wildman–Crippen MR) is 83.8 cm³/mol. The molecule has 1 heterocycles. The summed E-state index contributed by atoms with van der Waals surface area (Å²) < 4.78 is 18.1. The minimum Gasteiger partial charge on any atom is -0.449 e. The number of esters is 1. The summed E-state index contributed by atoms with van der Waals surface area (Å²) in [4.78, 5) is 26.2. The molecule has 1 atom stereocenters. The van der Waals surface area contributed by atoms with Crippen LogP contribution in [0.25, 0.3) is 0 Å². The minimum absolute atomic E-state index is 0.216. The zero-order chi connectivity index (χ0) is 16.4. The molecule has 1 amide bonds. The third-order valence-corrected chi connectivity index (χ3v) is 3.86. The lowest BCUT2D eigenvalue weighted by Crippen LogP contribution is -2.39. The lowest BCUT2D eigenvalue weighted by molar-refractivity contribution is -0.126. The van der Waals surface area contributed by atoms with E-state index < -0.39 is 17.9 Å². The summed E-state index contributed by atoms with van der Waals surface area (Å²) in [5.41, 5.74) is 2.19. The van der Waals surface area contributed by atoms with E-state index >= 15 is 0 Å². The lowest BCUT2D eigenvalue weighted by atomic mass is 10.2. The summed E-state index contributed by atoms with van der Waals surface area (Å²) in [6.45, 7) is 2.13. The molecule has 23 heavy (non-hydrogen) atoms. The van der Waals surface area contributed by atoms with Crippen LogP contribution in [0.1, 0.15) is 22.8 Å². The van der Waals surface area contributed by atoms with Gasteiger partial charge in [-0.05, 0) is 49.2 Å². The van der Waals surface area contributed by atoms with E-state index in [4.69, 9.17) is 4.74 Å². The number of para-hydroxylation sites is 1. The Labute approximate surface area is 133 Å². The van der Waals surface area contributed by atoms with E-state index in [1.54, 1.807) is 11.8 Å². The van der Waals surface area contributed by atoms with Crippen LogP contribution in [-0.2, 0) is 16.0 Å². The molecule has 0 unspecified atom stereocenters. The second kappa shape index (κ2) is 6.20. The van der Waals surface area contributed by atoms with Crippen LogP contribution in [-0.4, -0.2) is 24.5 Å². The number of halogens is 1. The lowest BCUT2D eigenvalue weighted by Gasteiger charge is -2.21. The summed E-state index contributed by atoms with van der Waals surface area (Å²) >= 11 is 0. The Morgan fingerprint density at radius 1 is 1.13 bits per heavy atom. The number of ether oxygens (including phenoxy) is 1. The molecule has 1 aliphatic heterocycles. The van der Waals surface area contributed by atoms with Crippen molar-refractivity contribution >= 4 is 17.6 Å². The second-order valence-corrected chi connectivity index (χ2v) is 5.42. The zero-order valence-corrected chi connectivity index (χ0v) is 12.7. The maximum Gasteiger partial charge on any atom is 0.338 e. The van der Waals surface area contributed by atoms with Gasteiger partial charge in [0.05, 0.1) is 5.56 Å². The van der Waals surface area contributed by atoms with Crippen molar-refractivity contribution in [3.8, 4) is 0 Å². The summed E-state index contributed by atoms with van der Waals surface area (Å²) in [5, 5.41) is 0. The number of anilines is 1. The van der Waals surface area contributed by atoms with E-state index in [1.165, 1.54) is 24.3 Å². The van der Waals surface area contributed by atoms with Crippen LogP contribution in [0.3, 0.4) is 0 Å². The fraction of sp³-hybridized carbons (Fsp3) is 0.222. The van der Waals surface area contributed by atoms with Crippen LogP contribution in [0.5, 0.6) is 0 Å². The van der Waals surface area contributed by atoms with E-state index in [-0.39, 0.29) is 11.5 Å². The fourth-order valence-corrected chi connectivity index (χ4v) is 2.65. The van der Waals surface area contributed by atoms with Crippen LogP contribution in [0.15, 0.2) is 48.5 Å². The van der Waals surface area contributed by atoms with E-state index in [9.17, 15) is 14.0 Å². The summed E-state index contributed by atoms with van der Waals surface area (Å²) in [6, 6.07) is 12.7. The molecule has 0 aliphatic carbocycles.